The Morgan fingerprint density at radius 2 is 1.92 bits per heavy atom. The lowest BCUT2D eigenvalue weighted by Gasteiger charge is -2.21. The maximum atomic E-state index is 12.2. The molecule has 2 N–H and O–H groups in total. The molecule has 1 aromatic heterocycles. The van der Waals surface area contributed by atoms with Crippen molar-refractivity contribution in [2.75, 3.05) is 29.9 Å². The van der Waals surface area contributed by atoms with Gasteiger partial charge < -0.3 is 15.5 Å². The SMILES string of the molecule is O=C(CCCNC(=O)c1ccsc1)Nc1ccccc1N1CCCC1. The first-order valence-electron chi connectivity index (χ1n) is 8.68. The molecule has 1 saturated heterocycles. The lowest BCUT2D eigenvalue weighted by molar-refractivity contribution is -0.116. The van der Waals surface area contributed by atoms with Crippen LogP contribution in [0.2, 0.25) is 0 Å². The minimum atomic E-state index is -0.0824. The second kappa shape index (κ2) is 8.67. The molecular weight excluding hydrogens is 334 g/mol. The van der Waals surface area contributed by atoms with Crippen LogP contribution >= 0.6 is 11.3 Å². The van der Waals surface area contributed by atoms with Gasteiger partial charge in [-0.1, -0.05) is 12.1 Å². The third kappa shape index (κ3) is 4.82. The van der Waals surface area contributed by atoms with Gasteiger partial charge >= 0.3 is 0 Å². The number of anilines is 2. The Morgan fingerprint density at radius 3 is 2.68 bits per heavy atom. The molecule has 1 aliphatic heterocycles. The van der Waals surface area contributed by atoms with Gasteiger partial charge in [0.25, 0.3) is 5.91 Å². The smallest absolute Gasteiger partial charge is 0.252 e. The van der Waals surface area contributed by atoms with Crippen LogP contribution in [0.3, 0.4) is 0 Å². The highest BCUT2D eigenvalue weighted by Crippen LogP contribution is 2.28. The molecule has 2 aromatic rings. The molecule has 0 aliphatic carbocycles. The number of amides is 2. The number of para-hydroxylation sites is 2. The molecule has 1 aromatic carbocycles. The minimum absolute atomic E-state index is 0.0172. The van der Waals surface area contributed by atoms with Crippen LogP contribution in [0.25, 0.3) is 0 Å². The van der Waals surface area contributed by atoms with Crippen LogP contribution in [0.15, 0.2) is 41.1 Å². The monoisotopic (exact) mass is 357 g/mol. The van der Waals surface area contributed by atoms with Gasteiger partial charge in [0.1, 0.15) is 0 Å². The molecule has 2 heterocycles. The van der Waals surface area contributed by atoms with Crippen LogP contribution in [0.5, 0.6) is 0 Å². The molecule has 3 rings (SSSR count). The van der Waals surface area contributed by atoms with Gasteiger partial charge in [0.2, 0.25) is 5.91 Å². The molecule has 0 atom stereocenters. The molecule has 2 amide bonds. The van der Waals surface area contributed by atoms with Crippen LogP contribution in [0.1, 0.15) is 36.0 Å². The zero-order chi connectivity index (χ0) is 17.5. The van der Waals surface area contributed by atoms with E-state index in [0.717, 1.165) is 24.5 Å². The highest BCUT2D eigenvalue weighted by atomic mass is 32.1. The average Bonchev–Trinajstić information content (AvgIpc) is 3.32. The van der Waals surface area contributed by atoms with E-state index < -0.39 is 0 Å². The molecule has 1 aliphatic rings. The topological polar surface area (TPSA) is 61.4 Å². The fraction of sp³-hybridized carbons (Fsp3) is 0.368. The van der Waals surface area contributed by atoms with E-state index >= 15 is 0 Å². The van der Waals surface area contributed by atoms with Crippen molar-refractivity contribution in [1.29, 1.82) is 0 Å². The summed E-state index contributed by atoms with van der Waals surface area (Å²) in [5, 5.41) is 9.54. The predicted octanol–water partition coefficient (Wildman–Crippen LogP) is 3.50. The first-order valence-corrected chi connectivity index (χ1v) is 9.62. The summed E-state index contributed by atoms with van der Waals surface area (Å²) in [5.74, 6) is -0.0996. The third-order valence-corrected chi connectivity index (χ3v) is 4.96. The van der Waals surface area contributed by atoms with Gasteiger partial charge in [0.15, 0.2) is 0 Å². The number of benzene rings is 1. The molecular formula is C19H23N3O2S. The minimum Gasteiger partial charge on any atom is -0.370 e. The van der Waals surface area contributed by atoms with Gasteiger partial charge in [-0.05, 0) is 42.8 Å². The third-order valence-electron chi connectivity index (χ3n) is 4.27. The Hall–Kier alpha value is -2.34. The summed E-state index contributed by atoms with van der Waals surface area (Å²) in [6.07, 6.45) is 3.41. The Morgan fingerprint density at radius 1 is 1.12 bits per heavy atom. The zero-order valence-corrected chi connectivity index (χ0v) is 15.0. The lowest BCUT2D eigenvalue weighted by Crippen LogP contribution is -2.25. The summed E-state index contributed by atoms with van der Waals surface area (Å²) in [5.41, 5.74) is 2.64. The second-order valence-electron chi connectivity index (χ2n) is 6.13. The van der Waals surface area contributed by atoms with Gasteiger partial charge in [0, 0.05) is 37.0 Å². The summed E-state index contributed by atoms with van der Waals surface area (Å²) in [6.45, 7) is 2.58. The number of carbonyl (C=O) groups excluding carboxylic acids is 2. The summed E-state index contributed by atoms with van der Waals surface area (Å²) in [7, 11) is 0. The fourth-order valence-corrected chi connectivity index (χ4v) is 3.61. The number of carbonyl (C=O) groups is 2. The van der Waals surface area contributed by atoms with Crippen molar-refractivity contribution in [3.8, 4) is 0 Å². The number of hydrogen-bond acceptors (Lipinski definition) is 4. The van der Waals surface area contributed by atoms with Crippen molar-refractivity contribution >= 4 is 34.5 Å². The summed E-state index contributed by atoms with van der Waals surface area (Å²) in [6, 6.07) is 9.74. The lowest BCUT2D eigenvalue weighted by atomic mass is 10.2. The van der Waals surface area contributed by atoms with Crippen LogP contribution in [-0.2, 0) is 4.79 Å². The highest BCUT2D eigenvalue weighted by Gasteiger charge is 2.16. The zero-order valence-electron chi connectivity index (χ0n) is 14.2. The maximum absolute atomic E-state index is 12.2. The molecule has 1 fully saturated rings. The summed E-state index contributed by atoms with van der Waals surface area (Å²) < 4.78 is 0. The van der Waals surface area contributed by atoms with E-state index in [0.29, 0.717) is 24.9 Å². The maximum Gasteiger partial charge on any atom is 0.252 e. The van der Waals surface area contributed by atoms with Crippen molar-refractivity contribution < 1.29 is 9.59 Å². The van der Waals surface area contributed by atoms with Crippen LogP contribution in [0, 0.1) is 0 Å². The van der Waals surface area contributed by atoms with E-state index in [1.807, 2.05) is 29.0 Å². The van der Waals surface area contributed by atoms with E-state index in [4.69, 9.17) is 0 Å². The second-order valence-corrected chi connectivity index (χ2v) is 6.91. The normalized spacial score (nSPS) is 13.7. The van der Waals surface area contributed by atoms with E-state index in [9.17, 15) is 9.59 Å². The molecule has 0 saturated carbocycles. The van der Waals surface area contributed by atoms with Crippen LogP contribution in [-0.4, -0.2) is 31.4 Å². The van der Waals surface area contributed by atoms with E-state index in [-0.39, 0.29) is 11.8 Å². The highest BCUT2D eigenvalue weighted by molar-refractivity contribution is 7.08. The fourth-order valence-electron chi connectivity index (χ4n) is 2.97. The van der Waals surface area contributed by atoms with Crippen molar-refractivity contribution in [3.63, 3.8) is 0 Å². The number of nitrogens with one attached hydrogen (secondary N) is 2. The number of thiophene rings is 1. The molecule has 5 nitrogen and oxygen atoms in total. The molecule has 0 spiro atoms. The molecule has 0 radical (unpaired) electrons. The number of nitrogens with zero attached hydrogens (tertiary/aromatic N) is 1. The molecule has 0 unspecified atom stereocenters. The predicted molar refractivity (Wildman–Crippen MR) is 102 cm³/mol. The van der Waals surface area contributed by atoms with Gasteiger partial charge in [0.05, 0.1) is 11.4 Å². The quantitative estimate of drug-likeness (QED) is 0.746. The van der Waals surface area contributed by atoms with Gasteiger partial charge in [-0.25, -0.2) is 0 Å². The Balaban J connectivity index is 1.44. The van der Waals surface area contributed by atoms with Crippen molar-refractivity contribution in [1.82, 2.24) is 5.32 Å². The largest absolute Gasteiger partial charge is 0.370 e. The van der Waals surface area contributed by atoms with Crippen molar-refractivity contribution in [2.24, 2.45) is 0 Å². The Bertz CT molecular complexity index is 709. The molecule has 132 valence electrons. The van der Waals surface area contributed by atoms with E-state index in [1.54, 1.807) is 6.07 Å². The van der Waals surface area contributed by atoms with Crippen molar-refractivity contribution in [3.05, 3.63) is 46.7 Å². The molecule has 6 heteroatoms. The van der Waals surface area contributed by atoms with Crippen LogP contribution in [0.4, 0.5) is 11.4 Å². The standard InChI is InChI=1S/C19H23N3O2S/c23-18(8-5-10-20-19(24)15-9-13-25-14-15)21-16-6-1-2-7-17(16)22-11-3-4-12-22/h1-2,6-7,9,13-14H,3-5,8,10-12H2,(H,20,24)(H,21,23). The number of hydrogen-bond donors (Lipinski definition) is 2. The first-order chi connectivity index (χ1) is 12.2. The summed E-state index contributed by atoms with van der Waals surface area (Å²) in [4.78, 5) is 26.4. The molecule has 0 bridgehead atoms. The van der Waals surface area contributed by atoms with Gasteiger partial charge in [-0.2, -0.15) is 11.3 Å². The van der Waals surface area contributed by atoms with E-state index in [2.05, 4.69) is 21.6 Å². The Labute approximate surface area is 152 Å². The van der Waals surface area contributed by atoms with Crippen molar-refractivity contribution in [2.45, 2.75) is 25.7 Å². The van der Waals surface area contributed by atoms with Gasteiger partial charge in [-0.15, -0.1) is 0 Å². The molecule has 25 heavy (non-hydrogen) atoms. The van der Waals surface area contributed by atoms with Crippen LogP contribution < -0.4 is 15.5 Å². The average molecular weight is 357 g/mol. The summed E-state index contributed by atoms with van der Waals surface area (Å²) >= 11 is 1.50. The first kappa shape index (κ1) is 17.5. The van der Waals surface area contributed by atoms with E-state index in [1.165, 1.54) is 24.2 Å². The number of rotatable bonds is 7. The van der Waals surface area contributed by atoms with Gasteiger partial charge in [-0.3, -0.25) is 9.59 Å². The Kier molecular flexibility index (Phi) is 6.06.